The molecule has 0 radical (unpaired) electrons. The maximum Gasteiger partial charge on any atom is 0.230 e. The third kappa shape index (κ3) is 0.703. The van der Waals surface area contributed by atoms with Crippen LogP contribution in [0.3, 0.4) is 0 Å². The van der Waals surface area contributed by atoms with E-state index in [9.17, 15) is 5.11 Å². The molecule has 0 aromatic carbocycles. The van der Waals surface area contributed by atoms with Gasteiger partial charge in [-0.1, -0.05) is 0 Å². The summed E-state index contributed by atoms with van der Waals surface area (Å²) in [6.45, 7) is 0.902. The monoisotopic (exact) mass is 145 g/mol. The van der Waals surface area contributed by atoms with Crippen molar-refractivity contribution in [1.29, 1.82) is 0 Å². The molecule has 0 aliphatic carbocycles. The van der Waals surface area contributed by atoms with Crippen molar-refractivity contribution < 1.29 is 14.6 Å². The summed E-state index contributed by atoms with van der Waals surface area (Å²) in [6.07, 6.45) is 0.366. The normalized spacial score (nSPS) is 53.4. The SMILES string of the molecule is NC12OCCC1C(O)CO2. The molecule has 3 N–H and O–H groups in total. The van der Waals surface area contributed by atoms with Gasteiger partial charge in [0.1, 0.15) is 0 Å². The zero-order chi connectivity index (χ0) is 7.19. The Morgan fingerprint density at radius 2 is 2.30 bits per heavy atom. The molecule has 0 aromatic heterocycles. The lowest BCUT2D eigenvalue weighted by atomic mass is 10.0. The van der Waals surface area contributed by atoms with Gasteiger partial charge >= 0.3 is 0 Å². The van der Waals surface area contributed by atoms with Gasteiger partial charge in [0, 0.05) is 0 Å². The maximum atomic E-state index is 9.28. The molecule has 0 amide bonds. The molecule has 3 atom stereocenters. The molecule has 2 rings (SSSR count). The third-order valence-corrected chi connectivity index (χ3v) is 2.22. The number of hydrogen-bond donors (Lipinski definition) is 2. The number of nitrogens with two attached hydrogens (primary N) is 1. The van der Waals surface area contributed by atoms with Gasteiger partial charge in [0.2, 0.25) is 5.91 Å². The number of aliphatic hydroxyl groups is 1. The van der Waals surface area contributed by atoms with Crippen molar-refractivity contribution in [1.82, 2.24) is 0 Å². The molecule has 58 valence electrons. The van der Waals surface area contributed by atoms with E-state index in [2.05, 4.69) is 0 Å². The van der Waals surface area contributed by atoms with Crippen molar-refractivity contribution >= 4 is 0 Å². The van der Waals surface area contributed by atoms with Crippen LogP contribution in [0.2, 0.25) is 0 Å². The van der Waals surface area contributed by atoms with Crippen LogP contribution in [0.25, 0.3) is 0 Å². The van der Waals surface area contributed by atoms with Crippen LogP contribution >= 0.6 is 0 Å². The first-order chi connectivity index (χ1) is 4.72. The van der Waals surface area contributed by atoms with Gasteiger partial charge in [0.05, 0.1) is 25.2 Å². The Morgan fingerprint density at radius 1 is 1.50 bits per heavy atom. The minimum absolute atomic E-state index is 0.0208. The van der Waals surface area contributed by atoms with Crippen molar-refractivity contribution in [3.05, 3.63) is 0 Å². The molecule has 0 spiro atoms. The molecule has 2 aliphatic rings. The Hall–Kier alpha value is -0.160. The zero-order valence-electron chi connectivity index (χ0n) is 5.62. The van der Waals surface area contributed by atoms with Crippen molar-refractivity contribution in [2.45, 2.75) is 18.4 Å². The fourth-order valence-electron chi connectivity index (χ4n) is 1.59. The summed E-state index contributed by atoms with van der Waals surface area (Å²) in [5.41, 5.74) is 5.65. The predicted octanol–water partition coefficient (Wildman–Crippen LogP) is -0.974. The average molecular weight is 145 g/mol. The second-order valence-corrected chi connectivity index (χ2v) is 2.84. The molecule has 4 heteroatoms. The number of aliphatic hydroxyl groups excluding tert-OH is 1. The smallest absolute Gasteiger partial charge is 0.230 e. The lowest BCUT2D eigenvalue weighted by molar-refractivity contribution is -0.191. The summed E-state index contributed by atoms with van der Waals surface area (Å²) in [5.74, 6) is -0.994. The first-order valence-electron chi connectivity index (χ1n) is 3.47. The average Bonchev–Trinajstić information content (AvgIpc) is 2.35. The highest BCUT2D eigenvalue weighted by Crippen LogP contribution is 2.36. The van der Waals surface area contributed by atoms with E-state index in [1.165, 1.54) is 0 Å². The molecule has 2 aliphatic heterocycles. The summed E-state index contributed by atoms with van der Waals surface area (Å²) >= 11 is 0. The van der Waals surface area contributed by atoms with Crippen molar-refractivity contribution in [2.75, 3.05) is 13.2 Å². The standard InChI is InChI=1S/C6H11NO3/c7-6-4(1-2-9-6)5(8)3-10-6/h4-5,8H,1-3,7H2. The second-order valence-electron chi connectivity index (χ2n) is 2.84. The number of rotatable bonds is 0. The first kappa shape index (κ1) is 6.54. The van der Waals surface area contributed by atoms with E-state index in [0.29, 0.717) is 13.2 Å². The van der Waals surface area contributed by atoms with Gasteiger partial charge in [-0.15, -0.1) is 0 Å². The van der Waals surface area contributed by atoms with Gasteiger partial charge in [-0.25, -0.2) is 0 Å². The lowest BCUT2D eigenvalue weighted by Crippen LogP contribution is -2.44. The number of ether oxygens (including phenoxy) is 2. The van der Waals surface area contributed by atoms with Crippen molar-refractivity contribution in [2.24, 2.45) is 11.7 Å². The highest BCUT2D eigenvalue weighted by atomic mass is 16.7. The summed E-state index contributed by atoms with van der Waals surface area (Å²) in [7, 11) is 0. The van der Waals surface area contributed by atoms with E-state index >= 15 is 0 Å². The second kappa shape index (κ2) is 1.92. The summed E-state index contributed by atoms with van der Waals surface area (Å²) < 4.78 is 10.2. The van der Waals surface area contributed by atoms with Crippen LogP contribution in [0, 0.1) is 5.92 Å². The van der Waals surface area contributed by atoms with Crippen LogP contribution in [-0.4, -0.2) is 30.3 Å². The van der Waals surface area contributed by atoms with Crippen LogP contribution < -0.4 is 5.73 Å². The van der Waals surface area contributed by atoms with Gasteiger partial charge in [-0.05, 0) is 6.42 Å². The Balaban J connectivity index is 2.19. The van der Waals surface area contributed by atoms with Gasteiger partial charge in [0.25, 0.3) is 0 Å². The molecule has 2 fully saturated rings. The molecule has 2 saturated heterocycles. The van der Waals surface area contributed by atoms with Crippen molar-refractivity contribution in [3.63, 3.8) is 0 Å². The quantitative estimate of drug-likeness (QED) is 0.460. The third-order valence-electron chi connectivity index (χ3n) is 2.22. The molecule has 0 saturated carbocycles. The Morgan fingerprint density at radius 3 is 3.00 bits per heavy atom. The Labute approximate surface area is 58.9 Å². The first-order valence-corrected chi connectivity index (χ1v) is 3.47. The van der Waals surface area contributed by atoms with E-state index in [-0.39, 0.29) is 5.92 Å². The summed E-state index contributed by atoms with van der Waals surface area (Å²) in [4.78, 5) is 0. The highest BCUT2D eigenvalue weighted by Gasteiger charge is 2.51. The molecule has 2 heterocycles. The van der Waals surface area contributed by atoms with E-state index < -0.39 is 12.0 Å². The van der Waals surface area contributed by atoms with E-state index in [1.807, 2.05) is 0 Å². The Kier molecular flexibility index (Phi) is 1.25. The fourth-order valence-corrected chi connectivity index (χ4v) is 1.59. The van der Waals surface area contributed by atoms with Crippen LogP contribution in [0.4, 0.5) is 0 Å². The predicted molar refractivity (Wildman–Crippen MR) is 32.9 cm³/mol. The zero-order valence-corrected chi connectivity index (χ0v) is 5.62. The highest BCUT2D eigenvalue weighted by molar-refractivity contribution is 4.90. The maximum absolute atomic E-state index is 9.28. The topological polar surface area (TPSA) is 64.7 Å². The molecule has 10 heavy (non-hydrogen) atoms. The van der Waals surface area contributed by atoms with Crippen molar-refractivity contribution in [3.8, 4) is 0 Å². The lowest BCUT2D eigenvalue weighted by Gasteiger charge is -2.20. The Bertz CT molecular complexity index is 152. The molecule has 0 bridgehead atoms. The van der Waals surface area contributed by atoms with E-state index in [4.69, 9.17) is 15.2 Å². The van der Waals surface area contributed by atoms with Crippen LogP contribution in [0.15, 0.2) is 0 Å². The number of fused-ring (bicyclic) bond motifs is 1. The van der Waals surface area contributed by atoms with Gasteiger partial charge in [-0.3, -0.25) is 5.73 Å². The van der Waals surface area contributed by atoms with Gasteiger partial charge in [-0.2, -0.15) is 0 Å². The molecular weight excluding hydrogens is 134 g/mol. The summed E-state index contributed by atoms with van der Waals surface area (Å²) in [5, 5.41) is 9.28. The molecular formula is C6H11NO3. The molecule has 0 aromatic rings. The largest absolute Gasteiger partial charge is 0.390 e. The van der Waals surface area contributed by atoms with Crippen LogP contribution in [0.1, 0.15) is 6.42 Å². The van der Waals surface area contributed by atoms with Crippen LogP contribution in [-0.2, 0) is 9.47 Å². The van der Waals surface area contributed by atoms with Gasteiger partial charge < -0.3 is 14.6 Å². The minimum Gasteiger partial charge on any atom is -0.390 e. The van der Waals surface area contributed by atoms with Crippen LogP contribution in [0.5, 0.6) is 0 Å². The summed E-state index contributed by atoms with van der Waals surface area (Å²) in [6, 6.07) is 0. The number of hydrogen-bond acceptors (Lipinski definition) is 4. The fraction of sp³-hybridized carbons (Fsp3) is 1.00. The van der Waals surface area contributed by atoms with E-state index in [1.54, 1.807) is 0 Å². The van der Waals surface area contributed by atoms with Gasteiger partial charge in [0.15, 0.2) is 0 Å². The van der Waals surface area contributed by atoms with E-state index in [0.717, 1.165) is 6.42 Å². The minimum atomic E-state index is -0.973. The molecule has 3 unspecified atom stereocenters. The molecule has 4 nitrogen and oxygen atoms in total.